The van der Waals surface area contributed by atoms with Gasteiger partial charge in [-0.25, -0.2) is 4.79 Å². The molecule has 154 valence electrons. The molecule has 1 aromatic carbocycles. The van der Waals surface area contributed by atoms with Gasteiger partial charge in [-0.2, -0.15) is 0 Å². The van der Waals surface area contributed by atoms with Gasteiger partial charge in [-0.15, -0.1) is 0 Å². The lowest BCUT2D eigenvalue weighted by molar-refractivity contribution is -0.0587. The molecule has 6 bridgehead atoms. The first-order chi connectivity index (χ1) is 14.2. The second kappa shape index (κ2) is 6.87. The molecule has 0 aromatic heterocycles. The zero-order valence-electron chi connectivity index (χ0n) is 17.1. The highest BCUT2D eigenvalue weighted by molar-refractivity contribution is 5.69. The molecule has 29 heavy (non-hydrogen) atoms. The number of nitrogens with zero attached hydrogens (tertiary/aromatic N) is 1. The van der Waals surface area contributed by atoms with E-state index < -0.39 is 0 Å². The van der Waals surface area contributed by atoms with Crippen LogP contribution in [0.2, 0.25) is 0 Å². The third-order valence-electron chi connectivity index (χ3n) is 8.33. The van der Waals surface area contributed by atoms with Crippen molar-refractivity contribution in [1.82, 2.24) is 4.90 Å². The molecule has 2 atom stereocenters. The Balaban J connectivity index is 1.21. The van der Waals surface area contributed by atoms with E-state index in [1.807, 2.05) is 35.2 Å². The molecule has 0 N–H and O–H groups in total. The monoisotopic (exact) mass is 393 g/mol. The van der Waals surface area contributed by atoms with E-state index in [0.29, 0.717) is 25.2 Å². The van der Waals surface area contributed by atoms with E-state index in [0.717, 1.165) is 29.7 Å². The largest absolute Gasteiger partial charge is 0.445 e. The van der Waals surface area contributed by atoms with E-state index in [1.54, 1.807) is 5.57 Å². The summed E-state index contributed by atoms with van der Waals surface area (Å²) >= 11 is 0. The van der Waals surface area contributed by atoms with Gasteiger partial charge in [0.15, 0.2) is 0 Å². The Kier molecular flexibility index (Phi) is 4.26. The molecule has 6 aliphatic rings. The van der Waals surface area contributed by atoms with Gasteiger partial charge in [-0.3, -0.25) is 4.90 Å². The predicted molar refractivity (Wildman–Crippen MR) is 110 cm³/mol. The van der Waals surface area contributed by atoms with Crippen LogP contribution in [-0.2, 0) is 16.1 Å². The third kappa shape index (κ3) is 3.11. The molecule has 4 saturated carbocycles. The first-order valence-corrected chi connectivity index (χ1v) is 11.5. The van der Waals surface area contributed by atoms with Gasteiger partial charge in [-0.1, -0.05) is 42.0 Å². The van der Waals surface area contributed by atoms with Gasteiger partial charge >= 0.3 is 6.09 Å². The summed E-state index contributed by atoms with van der Waals surface area (Å²) in [6.07, 6.45) is 11.8. The molecule has 5 fully saturated rings. The van der Waals surface area contributed by atoms with Gasteiger partial charge in [0.05, 0.1) is 25.3 Å². The van der Waals surface area contributed by atoms with Crippen LogP contribution in [0.4, 0.5) is 4.79 Å². The summed E-state index contributed by atoms with van der Waals surface area (Å²) in [5.74, 6) is 2.85. The van der Waals surface area contributed by atoms with Gasteiger partial charge in [-0.05, 0) is 73.7 Å². The normalized spacial score (nSPS) is 39.9. The number of rotatable bonds is 3. The summed E-state index contributed by atoms with van der Waals surface area (Å²) in [5.41, 5.74) is 3.12. The van der Waals surface area contributed by atoms with Crippen LogP contribution in [0.5, 0.6) is 0 Å². The van der Waals surface area contributed by atoms with Crippen molar-refractivity contribution < 1.29 is 14.3 Å². The van der Waals surface area contributed by atoms with Gasteiger partial charge in [0.1, 0.15) is 6.61 Å². The van der Waals surface area contributed by atoms with Crippen molar-refractivity contribution in [3.63, 3.8) is 0 Å². The molecule has 0 radical (unpaired) electrons. The molecule has 0 spiro atoms. The Morgan fingerprint density at radius 3 is 2.38 bits per heavy atom. The Morgan fingerprint density at radius 1 is 1.03 bits per heavy atom. The van der Waals surface area contributed by atoms with Crippen molar-refractivity contribution in [2.24, 2.45) is 23.2 Å². The number of morpholine rings is 1. The number of ether oxygens (including phenoxy) is 2. The highest BCUT2D eigenvalue weighted by atomic mass is 16.6. The van der Waals surface area contributed by atoms with Crippen molar-refractivity contribution in [3.8, 4) is 0 Å². The molecule has 2 heterocycles. The maximum Gasteiger partial charge on any atom is 0.411 e. The molecule has 2 unspecified atom stereocenters. The smallest absolute Gasteiger partial charge is 0.411 e. The Labute approximate surface area is 173 Å². The lowest BCUT2D eigenvalue weighted by atomic mass is 9.47. The maximum absolute atomic E-state index is 13.0. The lowest BCUT2D eigenvalue weighted by Crippen LogP contribution is -2.58. The number of benzene rings is 1. The number of carbonyl (C=O) groups is 1. The quantitative estimate of drug-likeness (QED) is 0.683. The zero-order chi connectivity index (χ0) is 19.4. The van der Waals surface area contributed by atoms with Gasteiger partial charge in [0.25, 0.3) is 0 Å². The molecule has 7 rings (SSSR count). The molecule has 1 aromatic rings. The fourth-order valence-electron chi connectivity index (χ4n) is 7.57. The van der Waals surface area contributed by atoms with Crippen molar-refractivity contribution in [1.29, 1.82) is 0 Å². The number of hydrogen-bond donors (Lipinski definition) is 0. The van der Waals surface area contributed by atoms with Crippen LogP contribution >= 0.6 is 0 Å². The first kappa shape index (κ1) is 18.0. The van der Waals surface area contributed by atoms with Crippen LogP contribution in [-0.4, -0.2) is 36.3 Å². The Hall–Kier alpha value is -1.81. The average Bonchev–Trinajstić information content (AvgIpc) is 2.71. The van der Waals surface area contributed by atoms with Gasteiger partial charge < -0.3 is 9.47 Å². The molecular formula is C25H31NO3. The minimum atomic E-state index is -0.187. The average molecular weight is 394 g/mol. The summed E-state index contributed by atoms with van der Waals surface area (Å²) in [7, 11) is 0. The van der Waals surface area contributed by atoms with Gasteiger partial charge in [0.2, 0.25) is 0 Å². The van der Waals surface area contributed by atoms with Crippen molar-refractivity contribution in [2.75, 3.05) is 13.2 Å². The molecule has 4 aliphatic carbocycles. The third-order valence-corrected chi connectivity index (χ3v) is 8.33. The van der Waals surface area contributed by atoms with E-state index in [-0.39, 0.29) is 18.2 Å². The fraction of sp³-hybridized carbons (Fsp3) is 0.640. The van der Waals surface area contributed by atoms with Crippen LogP contribution in [0.25, 0.3) is 0 Å². The Bertz CT molecular complexity index is 781. The molecule has 2 aliphatic heterocycles. The highest BCUT2D eigenvalue weighted by Gasteiger charge is 2.54. The molecule has 4 nitrogen and oxygen atoms in total. The summed E-state index contributed by atoms with van der Waals surface area (Å²) < 4.78 is 11.5. The van der Waals surface area contributed by atoms with E-state index in [4.69, 9.17) is 9.47 Å². The van der Waals surface area contributed by atoms with E-state index in [2.05, 4.69) is 6.08 Å². The number of amides is 1. The number of hydrogen-bond acceptors (Lipinski definition) is 3. The van der Waals surface area contributed by atoms with Gasteiger partial charge in [0, 0.05) is 0 Å². The SMILES string of the molecule is O=C(OCc1ccccc1)N1C2C=C(C34CC5CC(CC(C5)C3)C4)CC1COC2. The number of fused-ring (bicyclic) bond motifs is 2. The maximum atomic E-state index is 13.0. The van der Waals surface area contributed by atoms with Crippen molar-refractivity contribution >= 4 is 6.09 Å². The van der Waals surface area contributed by atoms with Crippen LogP contribution < -0.4 is 0 Å². The predicted octanol–water partition coefficient (Wildman–Crippen LogP) is 4.94. The topological polar surface area (TPSA) is 38.8 Å². The summed E-state index contributed by atoms with van der Waals surface area (Å²) in [6, 6.07) is 10.1. The van der Waals surface area contributed by atoms with E-state index >= 15 is 0 Å². The van der Waals surface area contributed by atoms with Crippen LogP contribution in [0, 0.1) is 23.2 Å². The van der Waals surface area contributed by atoms with Crippen LogP contribution in [0.3, 0.4) is 0 Å². The standard InChI is InChI=1S/C25H31NO3/c27-24(29-14-17-4-2-1-3-5-17)26-22-9-21(10-23(26)16-28-15-22)25-11-18-6-19(12-25)8-20(7-18)13-25/h1-5,9,18-20,22-23H,6-8,10-16H2. The minimum Gasteiger partial charge on any atom is -0.445 e. The first-order valence-electron chi connectivity index (χ1n) is 11.5. The molecule has 1 amide bonds. The lowest BCUT2D eigenvalue weighted by Gasteiger charge is -2.59. The van der Waals surface area contributed by atoms with Crippen molar-refractivity contribution in [3.05, 3.63) is 47.5 Å². The van der Waals surface area contributed by atoms with Crippen LogP contribution in [0.15, 0.2) is 42.0 Å². The van der Waals surface area contributed by atoms with E-state index in [1.165, 1.54) is 38.5 Å². The minimum absolute atomic E-state index is 0.0359. The summed E-state index contributed by atoms with van der Waals surface area (Å²) in [4.78, 5) is 14.9. The summed E-state index contributed by atoms with van der Waals surface area (Å²) in [5, 5.41) is 0. The van der Waals surface area contributed by atoms with Crippen LogP contribution in [0.1, 0.15) is 50.5 Å². The second-order valence-corrected chi connectivity index (χ2v) is 10.3. The zero-order valence-corrected chi connectivity index (χ0v) is 17.1. The van der Waals surface area contributed by atoms with E-state index in [9.17, 15) is 4.79 Å². The Morgan fingerprint density at radius 2 is 1.72 bits per heavy atom. The van der Waals surface area contributed by atoms with Crippen molar-refractivity contribution in [2.45, 2.75) is 63.6 Å². The molecule has 1 saturated heterocycles. The summed E-state index contributed by atoms with van der Waals surface area (Å²) in [6.45, 7) is 1.58. The highest BCUT2D eigenvalue weighted by Crippen LogP contribution is 2.63. The molecular weight excluding hydrogens is 362 g/mol. The number of carbonyl (C=O) groups excluding carboxylic acids is 1. The fourth-order valence-corrected chi connectivity index (χ4v) is 7.57. The molecule has 4 heteroatoms. The second-order valence-electron chi connectivity index (χ2n) is 10.3.